The van der Waals surface area contributed by atoms with Crippen molar-refractivity contribution in [2.75, 3.05) is 0 Å². The van der Waals surface area contributed by atoms with Gasteiger partial charge in [-0.05, 0) is 67.4 Å². The van der Waals surface area contributed by atoms with E-state index >= 15 is 0 Å². The number of hydrogen-bond donors (Lipinski definition) is 0. The molecule has 0 aliphatic rings. The zero-order valence-corrected chi connectivity index (χ0v) is 27.8. The first-order valence-corrected chi connectivity index (χ1v) is 17.6. The van der Waals surface area contributed by atoms with Gasteiger partial charge in [0.15, 0.2) is 0 Å². The molecule has 0 saturated heterocycles. The third kappa shape index (κ3) is 4.27. The van der Waals surface area contributed by atoms with Gasteiger partial charge in [-0.3, -0.25) is 0 Å². The molecule has 0 amide bonds. The van der Waals surface area contributed by atoms with Crippen molar-refractivity contribution in [2.24, 2.45) is 0 Å². The second kappa shape index (κ2) is 10.5. The lowest BCUT2D eigenvalue weighted by Gasteiger charge is -2.10. The highest BCUT2D eigenvalue weighted by Crippen LogP contribution is 2.43. The van der Waals surface area contributed by atoms with Gasteiger partial charge in [0.2, 0.25) is 0 Å². The van der Waals surface area contributed by atoms with Crippen LogP contribution in [-0.4, -0.2) is 19.9 Å². The van der Waals surface area contributed by atoms with Crippen LogP contribution in [0.5, 0.6) is 0 Å². The highest BCUT2D eigenvalue weighted by Gasteiger charge is 2.17. The predicted molar refractivity (Wildman–Crippen MR) is 204 cm³/mol. The van der Waals surface area contributed by atoms with E-state index in [1.807, 2.05) is 42.6 Å². The Labute approximate surface area is 284 Å². The summed E-state index contributed by atoms with van der Waals surface area (Å²) in [7, 11) is 0. The standard InChI is InChI=1S/C42H26N4S2/c1-23-43-35-12-5-3-9-31(35)41(46-23)33-11-7-10-30-34-20-25(16-19-38(34)48-42(30)33)26-14-18-32-36(21-26)44-24(2)45-40(32)27-15-17-29-28-8-4-6-13-37(28)47-39(29)22-27/h3-22H,1-2H3. The van der Waals surface area contributed by atoms with Gasteiger partial charge >= 0.3 is 0 Å². The first-order chi connectivity index (χ1) is 23.6. The maximum Gasteiger partial charge on any atom is 0.126 e. The minimum atomic E-state index is 0.769. The highest BCUT2D eigenvalue weighted by molar-refractivity contribution is 7.26. The number of benzene rings is 6. The zero-order chi connectivity index (χ0) is 31.9. The van der Waals surface area contributed by atoms with Crippen LogP contribution in [0.25, 0.3) is 95.8 Å². The van der Waals surface area contributed by atoms with Crippen molar-refractivity contribution in [1.82, 2.24) is 19.9 Å². The van der Waals surface area contributed by atoms with Crippen molar-refractivity contribution in [3.63, 3.8) is 0 Å². The van der Waals surface area contributed by atoms with E-state index in [4.69, 9.17) is 15.0 Å². The lowest BCUT2D eigenvalue weighted by Crippen LogP contribution is -1.94. The van der Waals surface area contributed by atoms with E-state index in [-0.39, 0.29) is 0 Å². The topological polar surface area (TPSA) is 51.6 Å². The highest BCUT2D eigenvalue weighted by atomic mass is 32.1. The molecule has 0 fully saturated rings. The molecule has 0 aliphatic heterocycles. The Hall–Kier alpha value is -5.56. The maximum absolute atomic E-state index is 4.95. The molecule has 6 aromatic carbocycles. The van der Waals surface area contributed by atoms with E-state index in [1.54, 1.807) is 0 Å². The fraction of sp³-hybridized carbons (Fsp3) is 0.0476. The Bertz CT molecular complexity index is 2940. The molecule has 0 aliphatic carbocycles. The summed E-state index contributed by atoms with van der Waals surface area (Å²) in [6, 6.07) is 43.6. The molecular weight excluding hydrogens is 625 g/mol. The summed E-state index contributed by atoms with van der Waals surface area (Å²) >= 11 is 3.66. The molecule has 0 N–H and O–H groups in total. The fourth-order valence-corrected chi connectivity index (χ4v) is 9.42. The molecule has 0 spiro atoms. The van der Waals surface area contributed by atoms with Crippen LogP contribution in [-0.2, 0) is 0 Å². The number of rotatable bonds is 3. The number of aromatic nitrogens is 4. The average molecular weight is 651 g/mol. The van der Waals surface area contributed by atoms with Crippen molar-refractivity contribution in [2.45, 2.75) is 13.8 Å². The summed E-state index contributed by atoms with van der Waals surface area (Å²) in [4.78, 5) is 19.5. The number of thiophene rings is 2. The van der Waals surface area contributed by atoms with E-state index in [2.05, 4.69) is 120 Å². The molecule has 4 aromatic heterocycles. The van der Waals surface area contributed by atoms with Crippen LogP contribution in [0.15, 0.2) is 121 Å². The van der Waals surface area contributed by atoms with Crippen molar-refractivity contribution in [3.05, 3.63) is 133 Å². The predicted octanol–water partition coefficient (Wildman–Crippen LogP) is 11.9. The van der Waals surface area contributed by atoms with Gasteiger partial charge in [0.05, 0.1) is 22.4 Å². The maximum atomic E-state index is 4.95. The third-order valence-corrected chi connectivity index (χ3v) is 11.6. The van der Waals surface area contributed by atoms with Crippen molar-refractivity contribution >= 4 is 84.8 Å². The second-order valence-corrected chi connectivity index (χ2v) is 14.4. The minimum absolute atomic E-state index is 0.769. The Morgan fingerprint density at radius 1 is 0.396 bits per heavy atom. The van der Waals surface area contributed by atoms with Crippen LogP contribution in [0.4, 0.5) is 0 Å². The molecule has 6 heteroatoms. The fourth-order valence-electron chi connectivity index (χ4n) is 7.08. The molecule has 0 radical (unpaired) electrons. The summed E-state index contributed by atoms with van der Waals surface area (Å²) in [5.74, 6) is 1.55. The number of nitrogens with zero attached hydrogens (tertiary/aromatic N) is 4. The summed E-state index contributed by atoms with van der Waals surface area (Å²) in [5.41, 5.74) is 8.46. The smallest absolute Gasteiger partial charge is 0.126 e. The van der Waals surface area contributed by atoms with Gasteiger partial charge in [-0.15, -0.1) is 22.7 Å². The molecule has 48 heavy (non-hydrogen) atoms. The minimum Gasteiger partial charge on any atom is -0.233 e. The zero-order valence-electron chi connectivity index (χ0n) is 26.2. The van der Waals surface area contributed by atoms with Crippen LogP contribution in [0.3, 0.4) is 0 Å². The summed E-state index contributed by atoms with van der Waals surface area (Å²) in [5, 5.41) is 7.23. The van der Waals surface area contributed by atoms with Crippen molar-refractivity contribution in [1.29, 1.82) is 0 Å². The molecule has 0 bridgehead atoms. The summed E-state index contributed by atoms with van der Waals surface area (Å²) < 4.78 is 5.09. The van der Waals surface area contributed by atoms with Crippen molar-refractivity contribution in [3.8, 4) is 33.6 Å². The molecule has 4 nitrogen and oxygen atoms in total. The van der Waals surface area contributed by atoms with Gasteiger partial charge in [0.1, 0.15) is 11.6 Å². The molecule has 4 heterocycles. The summed E-state index contributed by atoms with van der Waals surface area (Å²) in [6.07, 6.45) is 0. The van der Waals surface area contributed by atoms with E-state index in [0.717, 1.165) is 61.5 Å². The van der Waals surface area contributed by atoms with Crippen LogP contribution in [0.1, 0.15) is 11.6 Å². The van der Waals surface area contributed by atoms with Gasteiger partial charge in [0.25, 0.3) is 0 Å². The lowest BCUT2D eigenvalue weighted by molar-refractivity contribution is 1.10. The van der Waals surface area contributed by atoms with Crippen LogP contribution < -0.4 is 0 Å². The van der Waals surface area contributed by atoms with Gasteiger partial charge in [0, 0.05) is 62.2 Å². The Kier molecular flexibility index (Phi) is 6.01. The van der Waals surface area contributed by atoms with E-state index < -0.39 is 0 Å². The average Bonchev–Trinajstić information content (AvgIpc) is 3.68. The van der Waals surface area contributed by atoms with Gasteiger partial charge < -0.3 is 0 Å². The molecule has 0 saturated carbocycles. The van der Waals surface area contributed by atoms with E-state index in [0.29, 0.717) is 0 Å². The quantitative estimate of drug-likeness (QED) is 0.191. The van der Waals surface area contributed by atoms with Crippen molar-refractivity contribution < 1.29 is 0 Å². The molecule has 0 unspecified atom stereocenters. The molecule has 10 aromatic rings. The lowest BCUT2D eigenvalue weighted by atomic mass is 9.98. The first kappa shape index (κ1) is 27.5. The second-order valence-electron chi connectivity index (χ2n) is 12.3. The van der Waals surface area contributed by atoms with Gasteiger partial charge in [-0.25, -0.2) is 19.9 Å². The number of fused-ring (bicyclic) bond motifs is 8. The van der Waals surface area contributed by atoms with Gasteiger partial charge in [-0.2, -0.15) is 0 Å². The monoisotopic (exact) mass is 650 g/mol. The molecular formula is C42H26N4S2. The van der Waals surface area contributed by atoms with Crippen LogP contribution >= 0.6 is 22.7 Å². The van der Waals surface area contributed by atoms with E-state index in [9.17, 15) is 0 Å². The number of hydrogen-bond acceptors (Lipinski definition) is 6. The molecule has 10 rings (SSSR count). The van der Waals surface area contributed by atoms with Crippen LogP contribution in [0, 0.1) is 13.8 Å². The third-order valence-electron chi connectivity index (χ3n) is 9.26. The number of aryl methyl sites for hydroxylation is 2. The van der Waals surface area contributed by atoms with Crippen LogP contribution in [0.2, 0.25) is 0 Å². The number of para-hydroxylation sites is 1. The van der Waals surface area contributed by atoms with Gasteiger partial charge in [-0.1, -0.05) is 78.9 Å². The first-order valence-electron chi connectivity index (χ1n) is 16.0. The Balaban J connectivity index is 1.09. The summed E-state index contributed by atoms with van der Waals surface area (Å²) in [6.45, 7) is 3.95. The normalized spacial score (nSPS) is 12.0. The SMILES string of the molecule is Cc1nc(-c2ccc3c(c2)sc2ccccc23)c2ccc(-c3ccc4sc5c(-c6nc(C)nc7ccccc67)cccc5c4c3)cc2n1. The molecule has 0 atom stereocenters. The Morgan fingerprint density at radius 2 is 1.04 bits per heavy atom. The molecule has 226 valence electrons. The largest absolute Gasteiger partial charge is 0.233 e. The Morgan fingerprint density at radius 3 is 1.96 bits per heavy atom. The van der Waals surface area contributed by atoms with E-state index in [1.165, 1.54) is 45.9 Å².